The van der Waals surface area contributed by atoms with Gasteiger partial charge >= 0.3 is 0 Å². The van der Waals surface area contributed by atoms with Crippen LogP contribution in [0.5, 0.6) is 0 Å². The van der Waals surface area contributed by atoms with Gasteiger partial charge in [0.05, 0.1) is 0 Å². The molecule has 0 spiro atoms. The molecule has 1 amide bonds. The number of nitrogens with zero attached hydrogens (tertiary/aromatic N) is 3. The Hall–Kier alpha value is -0.820. The molecule has 0 atom stereocenters. The van der Waals surface area contributed by atoms with Gasteiger partial charge in [-0.1, -0.05) is 12.8 Å². The molecule has 0 bridgehead atoms. The standard InChI is InChI=1S/C19H31N5O.2ClH/c25-18(19(8-11-20-12-9-19)24-13-3-10-21-24)22-16-6-14-23(15-7-16)17-4-1-2-5-17;;/h3,10,13,16-17,20H,1-2,4-9,11-12,14-15H2,(H,22,25);2*1H. The van der Waals surface area contributed by atoms with E-state index in [-0.39, 0.29) is 30.7 Å². The number of carbonyl (C=O) groups excluding carboxylic acids is 1. The second-order valence-electron chi connectivity index (χ2n) is 7.95. The van der Waals surface area contributed by atoms with E-state index >= 15 is 0 Å². The fraction of sp³-hybridized carbons (Fsp3) is 0.789. The first-order valence-electron chi connectivity index (χ1n) is 10.0. The normalized spacial score (nSPS) is 24.0. The number of nitrogens with one attached hydrogen (secondary N) is 2. The quantitative estimate of drug-likeness (QED) is 0.788. The average Bonchev–Trinajstić information content (AvgIpc) is 3.37. The smallest absolute Gasteiger partial charge is 0.248 e. The summed E-state index contributed by atoms with van der Waals surface area (Å²) < 4.78 is 1.89. The lowest BCUT2D eigenvalue weighted by atomic mass is 9.86. The molecule has 3 fully saturated rings. The first kappa shape index (κ1) is 22.5. The highest BCUT2D eigenvalue weighted by Crippen LogP contribution is 2.29. The molecule has 1 aromatic rings. The third kappa shape index (κ3) is 4.78. The van der Waals surface area contributed by atoms with Crippen molar-refractivity contribution < 1.29 is 4.79 Å². The Labute approximate surface area is 174 Å². The van der Waals surface area contributed by atoms with Gasteiger partial charge in [-0.15, -0.1) is 24.8 Å². The van der Waals surface area contributed by atoms with E-state index < -0.39 is 5.54 Å². The molecule has 3 aliphatic rings. The second kappa shape index (κ2) is 10.1. The summed E-state index contributed by atoms with van der Waals surface area (Å²) in [5.41, 5.74) is -0.517. The van der Waals surface area contributed by atoms with Gasteiger partial charge in [0.2, 0.25) is 5.91 Å². The molecule has 0 aromatic carbocycles. The third-order valence-corrected chi connectivity index (χ3v) is 6.50. The largest absolute Gasteiger partial charge is 0.351 e. The molecular weight excluding hydrogens is 385 g/mol. The van der Waals surface area contributed by atoms with Gasteiger partial charge in [0, 0.05) is 37.6 Å². The van der Waals surface area contributed by atoms with Crippen LogP contribution in [0, 0.1) is 0 Å². The molecule has 2 N–H and O–H groups in total. The number of hydrogen-bond acceptors (Lipinski definition) is 4. The number of rotatable bonds is 4. The van der Waals surface area contributed by atoms with E-state index in [0.29, 0.717) is 6.04 Å². The number of likely N-dealkylation sites (tertiary alicyclic amines) is 1. The van der Waals surface area contributed by atoms with E-state index in [0.717, 1.165) is 57.9 Å². The van der Waals surface area contributed by atoms with Crippen molar-refractivity contribution in [2.45, 2.75) is 69.0 Å². The van der Waals surface area contributed by atoms with Crippen molar-refractivity contribution >= 4 is 30.7 Å². The maximum absolute atomic E-state index is 13.2. The fourth-order valence-electron chi connectivity index (χ4n) is 4.92. The molecule has 0 radical (unpaired) electrons. The highest BCUT2D eigenvalue weighted by atomic mass is 35.5. The zero-order chi connectivity index (χ0) is 17.1. The molecule has 1 aliphatic carbocycles. The number of amides is 1. The van der Waals surface area contributed by atoms with Crippen molar-refractivity contribution in [2.24, 2.45) is 0 Å². The SMILES string of the molecule is Cl.Cl.O=C(NC1CCN(C2CCCC2)CC1)C1(n2cccn2)CCNCC1. The van der Waals surface area contributed by atoms with Crippen molar-refractivity contribution in [3.8, 4) is 0 Å². The topological polar surface area (TPSA) is 62.2 Å². The predicted molar refractivity (Wildman–Crippen MR) is 112 cm³/mol. The Balaban J connectivity index is 0.00000131. The number of carbonyl (C=O) groups is 1. The molecule has 2 saturated heterocycles. The third-order valence-electron chi connectivity index (χ3n) is 6.50. The minimum absolute atomic E-state index is 0. The van der Waals surface area contributed by atoms with Gasteiger partial charge in [-0.25, -0.2) is 0 Å². The Morgan fingerprint density at radius 2 is 1.74 bits per heavy atom. The molecule has 6 nitrogen and oxygen atoms in total. The van der Waals surface area contributed by atoms with Gasteiger partial charge in [0.1, 0.15) is 5.54 Å². The summed E-state index contributed by atoms with van der Waals surface area (Å²) in [6, 6.07) is 3.03. The first-order chi connectivity index (χ1) is 12.3. The van der Waals surface area contributed by atoms with Gasteiger partial charge < -0.3 is 15.5 Å². The van der Waals surface area contributed by atoms with E-state index in [1.54, 1.807) is 6.20 Å². The van der Waals surface area contributed by atoms with Crippen molar-refractivity contribution in [2.75, 3.05) is 26.2 Å². The number of aromatic nitrogens is 2. The molecule has 1 saturated carbocycles. The summed E-state index contributed by atoms with van der Waals surface area (Å²) >= 11 is 0. The van der Waals surface area contributed by atoms with Crippen LogP contribution in [-0.4, -0.2) is 58.9 Å². The molecule has 8 heteroatoms. The number of piperidine rings is 2. The lowest BCUT2D eigenvalue weighted by molar-refractivity contribution is -0.133. The lowest BCUT2D eigenvalue weighted by Gasteiger charge is -2.40. The fourth-order valence-corrected chi connectivity index (χ4v) is 4.92. The van der Waals surface area contributed by atoms with Crippen molar-refractivity contribution in [1.29, 1.82) is 0 Å². The van der Waals surface area contributed by atoms with Gasteiger partial charge in [-0.05, 0) is 57.7 Å². The van der Waals surface area contributed by atoms with Crippen LogP contribution in [0.3, 0.4) is 0 Å². The minimum Gasteiger partial charge on any atom is -0.351 e. The molecule has 3 heterocycles. The Morgan fingerprint density at radius 1 is 1.07 bits per heavy atom. The summed E-state index contributed by atoms with van der Waals surface area (Å²) in [4.78, 5) is 15.9. The van der Waals surface area contributed by atoms with Crippen molar-refractivity contribution in [3.63, 3.8) is 0 Å². The van der Waals surface area contributed by atoms with Crippen LogP contribution >= 0.6 is 24.8 Å². The molecule has 1 aromatic heterocycles. The summed E-state index contributed by atoms with van der Waals surface area (Å²) in [5.74, 6) is 0.164. The highest BCUT2D eigenvalue weighted by Gasteiger charge is 2.43. The highest BCUT2D eigenvalue weighted by molar-refractivity contribution is 5.86. The van der Waals surface area contributed by atoms with Gasteiger partial charge in [0.25, 0.3) is 0 Å². The molecule has 2 aliphatic heterocycles. The maximum atomic E-state index is 13.2. The molecular formula is C19H33Cl2N5O. The maximum Gasteiger partial charge on any atom is 0.248 e. The van der Waals surface area contributed by atoms with Crippen LogP contribution in [0.2, 0.25) is 0 Å². The van der Waals surface area contributed by atoms with E-state index in [1.165, 1.54) is 25.7 Å². The van der Waals surface area contributed by atoms with E-state index in [9.17, 15) is 4.79 Å². The van der Waals surface area contributed by atoms with E-state index in [2.05, 4.69) is 20.6 Å². The average molecular weight is 418 g/mol. The van der Waals surface area contributed by atoms with Crippen LogP contribution in [0.15, 0.2) is 18.5 Å². The monoisotopic (exact) mass is 417 g/mol. The summed E-state index contributed by atoms with van der Waals surface area (Å²) in [6.07, 6.45) is 13.0. The lowest BCUT2D eigenvalue weighted by Crippen LogP contribution is -2.57. The van der Waals surface area contributed by atoms with E-state index in [4.69, 9.17) is 0 Å². The summed E-state index contributed by atoms with van der Waals surface area (Å²) in [5, 5.41) is 11.2. The Kier molecular flexibility index (Phi) is 8.40. The Morgan fingerprint density at radius 3 is 2.33 bits per heavy atom. The number of hydrogen-bond donors (Lipinski definition) is 2. The van der Waals surface area contributed by atoms with Crippen molar-refractivity contribution in [3.05, 3.63) is 18.5 Å². The molecule has 154 valence electrons. The van der Waals surface area contributed by atoms with Gasteiger partial charge in [-0.2, -0.15) is 5.10 Å². The Bertz CT molecular complexity index is 563. The zero-order valence-corrected chi connectivity index (χ0v) is 17.6. The molecule has 0 unspecified atom stereocenters. The molecule has 4 rings (SSSR count). The van der Waals surface area contributed by atoms with Crippen LogP contribution < -0.4 is 10.6 Å². The molecule has 27 heavy (non-hydrogen) atoms. The first-order valence-corrected chi connectivity index (χ1v) is 10.0. The summed E-state index contributed by atoms with van der Waals surface area (Å²) in [6.45, 7) is 4.00. The predicted octanol–water partition coefficient (Wildman–Crippen LogP) is 2.33. The van der Waals surface area contributed by atoms with Gasteiger partial charge in [-0.3, -0.25) is 9.48 Å². The minimum atomic E-state index is -0.517. The summed E-state index contributed by atoms with van der Waals surface area (Å²) in [7, 11) is 0. The van der Waals surface area contributed by atoms with Crippen molar-refractivity contribution in [1.82, 2.24) is 25.3 Å². The zero-order valence-electron chi connectivity index (χ0n) is 15.9. The van der Waals surface area contributed by atoms with E-state index in [1.807, 2.05) is 16.9 Å². The van der Waals surface area contributed by atoms with Crippen LogP contribution in [0.4, 0.5) is 0 Å². The second-order valence-corrected chi connectivity index (χ2v) is 7.95. The van der Waals surface area contributed by atoms with Crippen LogP contribution in [0.25, 0.3) is 0 Å². The number of halogens is 2. The van der Waals surface area contributed by atoms with Crippen LogP contribution in [-0.2, 0) is 10.3 Å². The van der Waals surface area contributed by atoms with Gasteiger partial charge in [0.15, 0.2) is 0 Å². The van der Waals surface area contributed by atoms with Crippen LogP contribution in [0.1, 0.15) is 51.4 Å².